The quantitative estimate of drug-likeness (QED) is 0.658. The minimum atomic E-state index is 0.632. The number of hydrogen-bond acceptors (Lipinski definition) is 1. The predicted octanol–water partition coefficient (Wildman–Crippen LogP) is 3.20. The molecule has 0 amide bonds. The summed E-state index contributed by atoms with van der Waals surface area (Å²) in [5.41, 5.74) is 0.632. The highest BCUT2D eigenvalue weighted by Crippen LogP contribution is 2.45. The summed E-state index contributed by atoms with van der Waals surface area (Å²) in [6.07, 6.45) is 5.73. The summed E-state index contributed by atoms with van der Waals surface area (Å²) >= 11 is 0. The van der Waals surface area contributed by atoms with Crippen LogP contribution in [-0.2, 0) is 0 Å². The first-order chi connectivity index (χ1) is 6.22. The van der Waals surface area contributed by atoms with E-state index in [1.165, 1.54) is 32.2 Å². The van der Waals surface area contributed by atoms with Gasteiger partial charge in [-0.1, -0.05) is 27.7 Å². The van der Waals surface area contributed by atoms with E-state index in [0.29, 0.717) is 5.54 Å². The summed E-state index contributed by atoms with van der Waals surface area (Å²) < 4.78 is 0. The number of hydrogen-bond donors (Lipinski definition) is 1. The Labute approximate surface area is 83.3 Å². The highest BCUT2D eigenvalue weighted by molar-refractivity contribution is 5.05. The first kappa shape index (κ1) is 11.0. The first-order valence-corrected chi connectivity index (χ1v) is 5.97. The van der Waals surface area contributed by atoms with Gasteiger partial charge in [0.1, 0.15) is 0 Å². The normalized spacial score (nSPS) is 29.8. The molecule has 2 fully saturated rings. The molecule has 13 heavy (non-hydrogen) atoms. The van der Waals surface area contributed by atoms with Gasteiger partial charge in [0.05, 0.1) is 0 Å². The lowest BCUT2D eigenvalue weighted by atomic mass is 9.83. The molecule has 1 spiro atoms. The molecule has 0 aromatic carbocycles. The van der Waals surface area contributed by atoms with Gasteiger partial charge in [0, 0.05) is 5.54 Å². The average Bonchev–Trinajstić information content (AvgIpc) is 2.88. The molecule has 1 heterocycles. The molecule has 1 atom stereocenters. The molecule has 1 nitrogen and oxygen atoms in total. The van der Waals surface area contributed by atoms with E-state index in [4.69, 9.17) is 0 Å². The van der Waals surface area contributed by atoms with Crippen molar-refractivity contribution >= 4 is 0 Å². The van der Waals surface area contributed by atoms with Crippen LogP contribution in [0.4, 0.5) is 0 Å². The first-order valence-electron chi connectivity index (χ1n) is 5.97. The summed E-state index contributed by atoms with van der Waals surface area (Å²) in [6, 6.07) is 0. The van der Waals surface area contributed by atoms with E-state index in [1.54, 1.807) is 0 Å². The lowest BCUT2D eigenvalue weighted by Crippen LogP contribution is -2.41. The smallest absolute Gasteiger partial charge is 0.0185 e. The summed E-state index contributed by atoms with van der Waals surface area (Å²) in [4.78, 5) is 0. The van der Waals surface area contributed by atoms with Gasteiger partial charge in [-0.2, -0.15) is 0 Å². The zero-order chi connectivity index (χ0) is 9.90. The van der Waals surface area contributed by atoms with Crippen molar-refractivity contribution in [3.8, 4) is 0 Å². The maximum absolute atomic E-state index is 3.65. The van der Waals surface area contributed by atoms with Crippen molar-refractivity contribution in [2.45, 2.75) is 58.9 Å². The van der Waals surface area contributed by atoms with E-state index >= 15 is 0 Å². The highest BCUT2D eigenvalue weighted by Gasteiger charge is 2.45. The maximum atomic E-state index is 3.65. The summed E-state index contributed by atoms with van der Waals surface area (Å²) in [6.45, 7) is 10.0. The Kier molecular flexibility index (Phi) is 3.78. The molecule has 2 aliphatic rings. The second kappa shape index (κ2) is 4.45. The number of rotatable bonds is 1. The lowest BCUT2D eigenvalue weighted by molar-refractivity contribution is 0.231. The van der Waals surface area contributed by atoms with E-state index in [1.807, 2.05) is 13.8 Å². The van der Waals surface area contributed by atoms with Crippen molar-refractivity contribution in [3.05, 3.63) is 0 Å². The van der Waals surface area contributed by atoms with Gasteiger partial charge in [0.15, 0.2) is 0 Å². The molecule has 0 radical (unpaired) electrons. The third-order valence-electron chi connectivity index (χ3n) is 3.46. The molecule has 0 bridgehead atoms. The second-order valence-corrected chi connectivity index (χ2v) is 4.70. The Morgan fingerprint density at radius 3 is 2.31 bits per heavy atom. The van der Waals surface area contributed by atoms with Gasteiger partial charge >= 0.3 is 0 Å². The Morgan fingerprint density at radius 1 is 1.23 bits per heavy atom. The SMILES string of the molecule is CC.CC(C)C1CCNC2(CC2)C1. The third-order valence-corrected chi connectivity index (χ3v) is 3.46. The Hall–Kier alpha value is -0.0400. The minimum Gasteiger partial charge on any atom is -0.311 e. The fourth-order valence-electron chi connectivity index (χ4n) is 2.30. The van der Waals surface area contributed by atoms with Crippen molar-refractivity contribution in [1.29, 1.82) is 0 Å². The zero-order valence-corrected chi connectivity index (χ0v) is 9.69. The average molecular weight is 183 g/mol. The number of piperidine rings is 1. The van der Waals surface area contributed by atoms with Gasteiger partial charge < -0.3 is 5.32 Å². The largest absolute Gasteiger partial charge is 0.311 e. The van der Waals surface area contributed by atoms with E-state index in [2.05, 4.69) is 19.2 Å². The van der Waals surface area contributed by atoms with E-state index in [9.17, 15) is 0 Å². The van der Waals surface area contributed by atoms with Gasteiger partial charge in [-0.05, 0) is 44.1 Å². The monoisotopic (exact) mass is 183 g/mol. The molecular weight excluding hydrogens is 158 g/mol. The molecule has 1 N–H and O–H groups in total. The summed E-state index contributed by atoms with van der Waals surface area (Å²) in [7, 11) is 0. The zero-order valence-electron chi connectivity index (χ0n) is 9.69. The summed E-state index contributed by atoms with van der Waals surface area (Å²) in [5, 5.41) is 3.65. The van der Waals surface area contributed by atoms with Crippen molar-refractivity contribution in [1.82, 2.24) is 5.32 Å². The fraction of sp³-hybridized carbons (Fsp3) is 1.00. The van der Waals surface area contributed by atoms with Crippen LogP contribution in [0.25, 0.3) is 0 Å². The van der Waals surface area contributed by atoms with Gasteiger partial charge in [0.2, 0.25) is 0 Å². The molecule has 2 rings (SSSR count). The summed E-state index contributed by atoms with van der Waals surface area (Å²) in [5.74, 6) is 1.90. The van der Waals surface area contributed by atoms with Crippen LogP contribution in [0.15, 0.2) is 0 Å². The van der Waals surface area contributed by atoms with Gasteiger partial charge in [-0.15, -0.1) is 0 Å². The van der Waals surface area contributed by atoms with Crippen LogP contribution in [-0.4, -0.2) is 12.1 Å². The van der Waals surface area contributed by atoms with Crippen LogP contribution in [0.3, 0.4) is 0 Å². The van der Waals surface area contributed by atoms with Crippen molar-refractivity contribution < 1.29 is 0 Å². The molecule has 1 aliphatic carbocycles. The molecule has 1 unspecified atom stereocenters. The highest BCUT2D eigenvalue weighted by atomic mass is 15.0. The molecule has 1 saturated carbocycles. The molecular formula is C12H25N. The lowest BCUT2D eigenvalue weighted by Gasteiger charge is -2.32. The number of nitrogens with one attached hydrogen (secondary N) is 1. The topological polar surface area (TPSA) is 12.0 Å². The Morgan fingerprint density at radius 2 is 1.85 bits per heavy atom. The van der Waals surface area contributed by atoms with Crippen molar-refractivity contribution in [2.24, 2.45) is 11.8 Å². The van der Waals surface area contributed by atoms with Gasteiger partial charge in [0.25, 0.3) is 0 Å². The fourth-order valence-corrected chi connectivity index (χ4v) is 2.30. The van der Waals surface area contributed by atoms with E-state index in [-0.39, 0.29) is 0 Å². The van der Waals surface area contributed by atoms with Crippen LogP contribution < -0.4 is 5.32 Å². The van der Waals surface area contributed by atoms with Crippen LogP contribution >= 0.6 is 0 Å². The second-order valence-electron chi connectivity index (χ2n) is 4.70. The van der Waals surface area contributed by atoms with Gasteiger partial charge in [-0.25, -0.2) is 0 Å². The molecule has 78 valence electrons. The molecule has 0 aromatic heterocycles. The Bertz CT molecular complexity index is 147. The van der Waals surface area contributed by atoms with E-state index in [0.717, 1.165) is 11.8 Å². The minimum absolute atomic E-state index is 0.632. The van der Waals surface area contributed by atoms with Gasteiger partial charge in [-0.3, -0.25) is 0 Å². The van der Waals surface area contributed by atoms with E-state index < -0.39 is 0 Å². The molecule has 1 saturated heterocycles. The van der Waals surface area contributed by atoms with Crippen LogP contribution in [0.2, 0.25) is 0 Å². The van der Waals surface area contributed by atoms with Crippen LogP contribution in [0.5, 0.6) is 0 Å². The van der Waals surface area contributed by atoms with Crippen LogP contribution in [0.1, 0.15) is 53.4 Å². The molecule has 1 heteroatoms. The maximum Gasteiger partial charge on any atom is 0.0185 e. The third kappa shape index (κ3) is 2.70. The van der Waals surface area contributed by atoms with Crippen LogP contribution in [0, 0.1) is 11.8 Å². The van der Waals surface area contributed by atoms with Crippen molar-refractivity contribution in [3.63, 3.8) is 0 Å². The predicted molar refractivity (Wildman–Crippen MR) is 58.9 cm³/mol. The molecule has 1 aliphatic heterocycles. The molecule has 0 aromatic rings. The Balaban J connectivity index is 0.000000396. The standard InChI is InChI=1S/C10H19N.C2H6/c1-8(2)9-3-6-11-10(7-9)4-5-10;1-2/h8-9,11H,3-7H2,1-2H3;1-2H3. The van der Waals surface area contributed by atoms with Crippen molar-refractivity contribution in [2.75, 3.05) is 6.54 Å².